The van der Waals surface area contributed by atoms with Crippen molar-refractivity contribution in [3.8, 4) is 0 Å². The van der Waals surface area contributed by atoms with Gasteiger partial charge in [0, 0.05) is 9.13 Å². The van der Waals surface area contributed by atoms with Gasteiger partial charge in [-0.05, 0) is 47.2 Å². The van der Waals surface area contributed by atoms with Gasteiger partial charge in [-0.3, -0.25) is 4.79 Å². The Morgan fingerprint density at radius 3 is 2.53 bits per heavy atom. The molecule has 1 aromatic rings. The zero-order chi connectivity index (χ0) is 11.6. The van der Waals surface area contributed by atoms with Crippen LogP contribution in [0, 0.1) is 3.57 Å². The normalized spacial score (nSPS) is 12.9. The van der Waals surface area contributed by atoms with E-state index in [1.807, 2.05) is 22.6 Å². The fraction of sp³-hybridized carbons (Fsp3) is 0.300. The third kappa shape index (κ3) is 3.11. The molecule has 0 aliphatic rings. The molecule has 5 heteroatoms. The number of carbonyl (C=O) groups excluding carboxylic acids is 1. The van der Waals surface area contributed by atoms with E-state index in [1.54, 1.807) is 0 Å². The first kappa shape index (κ1) is 12.8. The van der Waals surface area contributed by atoms with E-state index < -0.39 is 11.8 Å². The maximum absolute atomic E-state index is 12.4. The summed E-state index contributed by atoms with van der Waals surface area (Å²) in [4.78, 5) is 11.1. The van der Waals surface area contributed by atoms with Crippen molar-refractivity contribution in [2.75, 3.05) is 0 Å². The smallest absolute Gasteiger partial charge is 0.263 e. The van der Waals surface area contributed by atoms with Gasteiger partial charge < -0.3 is 0 Å². The Morgan fingerprint density at radius 1 is 1.47 bits per heavy atom. The fourth-order valence-corrected chi connectivity index (χ4v) is 2.12. The number of carbonyl (C=O) groups is 1. The molecule has 82 valence electrons. The van der Waals surface area contributed by atoms with Gasteiger partial charge in [-0.2, -0.15) is 0 Å². The highest BCUT2D eigenvalue weighted by Crippen LogP contribution is 2.30. The molecule has 15 heavy (non-hydrogen) atoms. The molecule has 0 aromatic heterocycles. The third-order valence-electron chi connectivity index (χ3n) is 1.90. The Kier molecular flexibility index (Phi) is 4.45. The van der Waals surface area contributed by atoms with Crippen molar-refractivity contribution < 1.29 is 13.6 Å². The molecular weight excluding hydrogens is 336 g/mol. The van der Waals surface area contributed by atoms with Gasteiger partial charge in [0.1, 0.15) is 5.38 Å². The monoisotopic (exact) mass is 344 g/mol. The van der Waals surface area contributed by atoms with Gasteiger partial charge in [-0.15, -0.1) is 11.6 Å². The predicted octanol–water partition coefficient (Wildman–Crippen LogP) is 4.10. The maximum Gasteiger partial charge on any atom is 0.263 e. The van der Waals surface area contributed by atoms with E-state index in [1.165, 1.54) is 25.1 Å². The van der Waals surface area contributed by atoms with E-state index in [2.05, 4.69) is 0 Å². The van der Waals surface area contributed by atoms with Crippen molar-refractivity contribution >= 4 is 40.0 Å². The van der Waals surface area contributed by atoms with Crippen LogP contribution in [0.1, 0.15) is 29.9 Å². The van der Waals surface area contributed by atoms with Gasteiger partial charge in [-0.25, -0.2) is 8.78 Å². The molecule has 1 nitrogen and oxygen atoms in total. The first-order valence-electron chi connectivity index (χ1n) is 4.15. The molecule has 0 fully saturated rings. The first-order valence-corrected chi connectivity index (χ1v) is 5.67. The average molecular weight is 345 g/mol. The summed E-state index contributed by atoms with van der Waals surface area (Å²) in [6.45, 7) is 1.34. The summed E-state index contributed by atoms with van der Waals surface area (Å²) in [5, 5.41) is -0.851. The largest absolute Gasteiger partial charge is 0.298 e. The summed E-state index contributed by atoms with van der Waals surface area (Å²) >= 11 is 7.79. The highest BCUT2D eigenvalue weighted by atomic mass is 127. The zero-order valence-corrected chi connectivity index (χ0v) is 10.7. The van der Waals surface area contributed by atoms with Gasteiger partial charge in [0.2, 0.25) is 0 Å². The Bertz CT molecular complexity index is 382. The fourth-order valence-electron chi connectivity index (χ4n) is 1.11. The molecule has 1 unspecified atom stereocenters. The molecule has 1 aromatic carbocycles. The van der Waals surface area contributed by atoms with E-state index in [9.17, 15) is 13.6 Å². The van der Waals surface area contributed by atoms with Crippen LogP contribution in [0.15, 0.2) is 18.2 Å². The summed E-state index contributed by atoms with van der Waals surface area (Å²) in [6.07, 6.45) is -2.54. The highest BCUT2D eigenvalue weighted by molar-refractivity contribution is 14.1. The lowest BCUT2D eigenvalue weighted by Gasteiger charge is -2.10. The lowest BCUT2D eigenvalue weighted by atomic mass is 10.1. The third-order valence-corrected chi connectivity index (χ3v) is 3.43. The number of hydrogen-bond acceptors (Lipinski definition) is 1. The van der Waals surface area contributed by atoms with Crippen LogP contribution in [0.2, 0.25) is 0 Å². The van der Waals surface area contributed by atoms with Crippen LogP contribution in [0.5, 0.6) is 0 Å². The second-order valence-electron chi connectivity index (χ2n) is 3.05. The Hall–Kier alpha value is -0.230. The van der Waals surface area contributed by atoms with E-state index >= 15 is 0 Å². The maximum atomic E-state index is 12.4. The van der Waals surface area contributed by atoms with E-state index in [-0.39, 0.29) is 11.3 Å². The molecular formula is C10H8ClF2IO. The number of rotatable bonds is 3. The van der Waals surface area contributed by atoms with Crippen molar-refractivity contribution in [1.29, 1.82) is 0 Å². The molecule has 0 saturated carbocycles. The quantitative estimate of drug-likeness (QED) is 0.596. The minimum absolute atomic E-state index is 0.114. The summed E-state index contributed by atoms with van der Waals surface area (Å²) in [6, 6.07) is 4.15. The number of alkyl halides is 3. The SMILES string of the molecule is CC(=O)C(Cl)c1cc(C(F)F)ccc1I. The van der Waals surface area contributed by atoms with Gasteiger partial charge in [0.15, 0.2) is 5.78 Å². The number of hydrogen-bond donors (Lipinski definition) is 0. The molecule has 0 amide bonds. The molecule has 0 radical (unpaired) electrons. The molecule has 0 saturated heterocycles. The number of Topliss-reactive ketones (excluding diaryl/α,β-unsaturated/α-hetero) is 1. The molecule has 0 bridgehead atoms. The summed E-state index contributed by atoms with van der Waals surface area (Å²) in [7, 11) is 0. The zero-order valence-electron chi connectivity index (χ0n) is 7.81. The second kappa shape index (κ2) is 5.21. The van der Waals surface area contributed by atoms with Crippen LogP contribution >= 0.6 is 34.2 Å². The van der Waals surface area contributed by atoms with Crippen molar-refractivity contribution in [1.82, 2.24) is 0 Å². The molecule has 1 atom stereocenters. The molecule has 0 aliphatic heterocycles. The van der Waals surface area contributed by atoms with Gasteiger partial charge in [0.25, 0.3) is 6.43 Å². The van der Waals surface area contributed by atoms with Crippen molar-refractivity contribution in [2.45, 2.75) is 18.7 Å². The minimum atomic E-state index is -2.54. The van der Waals surface area contributed by atoms with Crippen LogP contribution in [0.25, 0.3) is 0 Å². The number of benzene rings is 1. The number of ketones is 1. The lowest BCUT2D eigenvalue weighted by Crippen LogP contribution is -2.04. The Morgan fingerprint density at radius 2 is 2.07 bits per heavy atom. The lowest BCUT2D eigenvalue weighted by molar-refractivity contribution is -0.116. The molecule has 0 N–H and O–H groups in total. The minimum Gasteiger partial charge on any atom is -0.298 e. The standard InChI is InChI=1S/C10H8ClF2IO/c1-5(15)9(11)7-4-6(10(12)13)2-3-8(7)14/h2-4,9-10H,1H3. The van der Waals surface area contributed by atoms with Crippen molar-refractivity contribution in [3.63, 3.8) is 0 Å². The highest BCUT2D eigenvalue weighted by Gasteiger charge is 2.18. The van der Waals surface area contributed by atoms with Crippen molar-refractivity contribution in [2.24, 2.45) is 0 Å². The van der Waals surface area contributed by atoms with Gasteiger partial charge in [0.05, 0.1) is 0 Å². The molecule has 0 spiro atoms. The van der Waals surface area contributed by atoms with Crippen LogP contribution in [-0.2, 0) is 4.79 Å². The van der Waals surface area contributed by atoms with Crippen LogP contribution in [0.3, 0.4) is 0 Å². The van der Waals surface area contributed by atoms with Crippen molar-refractivity contribution in [3.05, 3.63) is 32.9 Å². The average Bonchev–Trinajstić information content (AvgIpc) is 2.16. The molecule has 0 heterocycles. The number of halogens is 4. The Labute approximate surface area is 105 Å². The summed E-state index contributed by atoms with van der Waals surface area (Å²) < 4.78 is 25.5. The summed E-state index contributed by atoms with van der Waals surface area (Å²) in [5.41, 5.74) is 0.333. The summed E-state index contributed by atoms with van der Waals surface area (Å²) in [5.74, 6) is -0.249. The van der Waals surface area contributed by atoms with Gasteiger partial charge >= 0.3 is 0 Å². The molecule has 0 aliphatic carbocycles. The second-order valence-corrected chi connectivity index (χ2v) is 4.65. The first-order chi connectivity index (χ1) is 6.93. The van der Waals surface area contributed by atoms with Gasteiger partial charge in [-0.1, -0.05) is 6.07 Å². The van der Waals surface area contributed by atoms with Crippen LogP contribution in [-0.4, -0.2) is 5.78 Å². The van der Waals surface area contributed by atoms with E-state index in [0.29, 0.717) is 9.13 Å². The predicted molar refractivity (Wildman–Crippen MR) is 63.4 cm³/mol. The van der Waals surface area contributed by atoms with E-state index in [0.717, 1.165) is 0 Å². The Balaban J connectivity index is 3.16. The molecule has 1 rings (SSSR count). The van der Waals surface area contributed by atoms with E-state index in [4.69, 9.17) is 11.6 Å². The van der Waals surface area contributed by atoms with Crippen LogP contribution < -0.4 is 0 Å². The van der Waals surface area contributed by atoms with Crippen LogP contribution in [0.4, 0.5) is 8.78 Å². The topological polar surface area (TPSA) is 17.1 Å².